The van der Waals surface area contributed by atoms with Crippen molar-refractivity contribution in [2.45, 2.75) is 39.2 Å². The van der Waals surface area contributed by atoms with Crippen LogP contribution in [0.5, 0.6) is 0 Å². The van der Waals surface area contributed by atoms with Crippen molar-refractivity contribution in [3.8, 4) is 0 Å². The van der Waals surface area contributed by atoms with Gasteiger partial charge in [0, 0.05) is 0 Å². The molecule has 0 amide bonds. The standard InChI is InChI=1S/C8H16O/c1-6(2)8(9)7-4-3-5-7/h6-9H,3-5H2,1-2H3. The summed E-state index contributed by atoms with van der Waals surface area (Å²) in [5.41, 5.74) is 0. The van der Waals surface area contributed by atoms with Crippen LogP contribution in [0.3, 0.4) is 0 Å². The molecule has 0 saturated heterocycles. The molecule has 0 radical (unpaired) electrons. The number of aliphatic hydroxyl groups excluding tert-OH is 1. The van der Waals surface area contributed by atoms with Gasteiger partial charge in [0.15, 0.2) is 0 Å². The molecule has 1 heteroatoms. The molecule has 1 saturated carbocycles. The second-order valence-corrected chi connectivity index (χ2v) is 3.43. The van der Waals surface area contributed by atoms with E-state index in [-0.39, 0.29) is 6.10 Å². The number of hydrogen-bond acceptors (Lipinski definition) is 1. The van der Waals surface area contributed by atoms with Crippen LogP contribution in [0.1, 0.15) is 33.1 Å². The molecule has 1 aliphatic carbocycles. The highest BCUT2D eigenvalue weighted by molar-refractivity contribution is 4.78. The molecule has 54 valence electrons. The van der Waals surface area contributed by atoms with E-state index < -0.39 is 0 Å². The molecule has 0 heterocycles. The Morgan fingerprint density at radius 2 is 1.89 bits per heavy atom. The van der Waals surface area contributed by atoms with Crippen molar-refractivity contribution >= 4 is 0 Å². The molecule has 1 unspecified atom stereocenters. The lowest BCUT2D eigenvalue weighted by molar-refractivity contribution is 0.0268. The second-order valence-electron chi connectivity index (χ2n) is 3.43. The Morgan fingerprint density at radius 1 is 1.33 bits per heavy atom. The minimum absolute atomic E-state index is 0.0289. The van der Waals surface area contributed by atoms with E-state index in [9.17, 15) is 5.11 Å². The Bertz CT molecular complexity index is 84.6. The van der Waals surface area contributed by atoms with E-state index >= 15 is 0 Å². The first-order valence-corrected chi connectivity index (χ1v) is 3.90. The molecule has 0 aromatic carbocycles. The summed E-state index contributed by atoms with van der Waals surface area (Å²) in [5, 5.41) is 9.45. The second kappa shape index (κ2) is 2.70. The smallest absolute Gasteiger partial charge is 0.0591 e. The minimum atomic E-state index is -0.0289. The van der Waals surface area contributed by atoms with Gasteiger partial charge in [0.1, 0.15) is 0 Å². The van der Waals surface area contributed by atoms with Crippen molar-refractivity contribution < 1.29 is 5.11 Å². The summed E-state index contributed by atoms with van der Waals surface area (Å²) in [4.78, 5) is 0. The van der Waals surface area contributed by atoms with Crippen molar-refractivity contribution in [2.75, 3.05) is 0 Å². The summed E-state index contributed by atoms with van der Waals surface area (Å²) < 4.78 is 0. The Labute approximate surface area is 57.1 Å². The van der Waals surface area contributed by atoms with Gasteiger partial charge in [-0.3, -0.25) is 0 Å². The first-order chi connectivity index (χ1) is 4.22. The molecule has 0 aliphatic heterocycles. The Hall–Kier alpha value is -0.0400. The van der Waals surface area contributed by atoms with Gasteiger partial charge < -0.3 is 5.11 Å². The molecule has 1 atom stereocenters. The molecule has 9 heavy (non-hydrogen) atoms. The van der Waals surface area contributed by atoms with Gasteiger partial charge in [-0.2, -0.15) is 0 Å². The quantitative estimate of drug-likeness (QED) is 0.601. The van der Waals surface area contributed by atoms with Crippen molar-refractivity contribution in [1.82, 2.24) is 0 Å². The van der Waals surface area contributed by atoms with Crippen molar-refractivity contribution in [2.24, 2.45) is 11.8 Å². The molecule has 1 aliphatic rings. The van der Waals surface area contributed by atoms with Crippen LogP contribution in [0, 0.1) is 11.8 Å². The van der Waals surface area contributed by atoms with Crippen LogP contribution in [-0.2, 0) is 0 Å². The highest BCUT2D eigenvalue weighted by Gasteiger charge is 2.27. The zero-order chi connectivity index (χ0) is 6.85. The summed E-state index contributed by atoms with van der Waals surface area (Å²) in [6.45, 7) is 4.17. The topological polar surface area (TPSA) is 20.2 Å². The third kappa shape index (κ3) is 1.45. The van der Waals surface area contributed by atoms with Crippen LogP contribution in [-0.4, -0.2) is 11.2 Å². The minimum Gasteiger partial charge on any atom is -0.393 e. The largest absolute Gasteiger partial charge is 0.393 e. The molecule has 1 fully saturated rings. The summed E-state index contributed by atoms with van der Waals surface area (Å²) in [5.74, 6) is 1.08. The van der Waals surface area contributed by atoms with Gasteiger partial charge in [-0.1, -0.05) is 20.3 Å². The Balaban J connectivity index is 2.23. The summed E-state index contributed by atoms with van der Waals surface area (Å²) >= 11 is 0. The van der Waals surface area contributed by atoms with Crippen molar-refractivity contribution in [1.29, 1.82) is 0 Å². The maximum atomic E-state index is 9.45. The summed E-state index contributed by atoms with van der Waals surface area (Å²) in [6, 6.07) is 0. The van der Waals surface area contributed by atoms with E-state index in [2.05, 4.69) is 13.8 Å². The number of aliphatic hydroxyl groups is 1. The normalized spacial score (nSPS) is 24.0. The maximum Gasteiger partial charge on any atom is 0.0591 e. The highest BCUT2D eigenvalue weighted by atomic mass is 16.3. The molecule has 0 spiro atoms. The SMILES string of the molecule is CC(C)C(O)C1CCC1. The molecule has 0 aromatic heterocycles. The van der Waals surface area contributed by atoms with Gasteiger partial charge in [0.25, 0.3) is 0 Å². The van der Waals surface area contributed by atoms with Gasteiger partial charge in [-0.15, -0.1) is 0 Å². The highest BCUT2D eigenvalue weighted by Crippen LogP contribution is 2.32. The van der Waals surface area contributed by atoms with Gasteiger partial charge >= 0.3 is 0 Å². The van der Waals surface area contributed by atoms with E-state index in [1.165, 1.54) is 19.3 Å². The molecular formula is C8H16O. The third-order valence-corrected chi connectivity index (χ3v) is 2.32. The van der Waals surface area contributed by atoms with Crippen LogP contribution in [0.15, 0.2) is 0 Å². The molecule has 1 rings (SSSR count). The first kappa shape index (κ1) is 7.07. The molecule has 0 bridgehead atoms. The Morgan fingerprint density at radius 3 is 2.00 bits per heavy atom. The van der Waals surface area contributed by atoms with Crippen molar-refractivity contribution in [3.63, 3.8) is 0 Å². The molecule has 0 aromatic rings. The molecular weight excluding hydrogens is 112 g/mol. The average Bonchev–Trinajstić information content (AvgIpc) is 1.60. The van der Waals surface area contributed by atoms with E-state index in [0.717, 1.165) is 0 Å². The number of rotatable bonds is 2. The van der Waals surface area contributed by atoms with Crippen LogP contribution in [0.2, 0.25) is 0 Å². The molecule has 1 N–H and O–H groups in total. The van der Waals surface area contributed by atoms with E-state index in [4.69, 9.17) is 0 Å². The fraction of sp³-hybridized carbons (Fsp3) is 1.00. The zero-order valence-corrected chi connectivity index (χ0v) is 6.30. The zero-order valence-electron chi connectivity index (χ0n) is 6.30. The lowest BCUT2D eigenvalue weighted by Crippen LogP contribution is -2.30. The predicted octanol–water partition coefficient (Wildman–Crippen LogP) is 1.80. The van der Waals surface area contributed by atoms with E-state index in [1.807, 2.05) is 0 Å². The fourth-order valence-corrected chi connectivity index (χ4v) is 1.33. The van der Waals surface area contributed by atoms with Crippen molar-refractivity contribution in [3.05, 3.63) is 0 Å². The van der Waals surface area contributed by atoms with E-state index in [1.54, 1.807) is 0 Å². The average molecular weight is 128 g/mol. The van der Waals surface area contributed by atoms with Crippen LogP contribution < -0.4 is 0 Å². The molecule has 1 nitrogen and oxygen atoms in total. The van der Waals surface area contributed by atoms with Crippen LogP contribution in [0.25, 0.3) is 0 Å². The lowest BCUT2D eigenvalue weighted by atomic mass is 9.77. The Kier molecular flexibility index (Phi) is 2.12. The van der Waals surface area contributed by atoms with Crippen LogP contribution in [0.4, 0.5) is 0 Å². The van der Waals surface area contributed by atoms with Gasteiger partial charge in [0.05, 0.1) is 6.10 Å². The van der Waals surface area contributed by atoms with Gasteiger partial charge in [-0.05, 0) is 24.7 Å². The first-order valence-electron chi connectivity index (χ1n) is 3.90. The summed E-state index contributed by atoms with van der Waals surface area (Å²) in [6.07, 6.45) is 3.80. The summed E-state index contributed by atoms with van der Waals surface area (Å²) in [7, 11) is 0. The number of hydrogen-bond donors (Lipinski definition) is 1. The fourth-order valence-electron chi connectivity index (χ4n) is 1.33. The van der Waals surface area contributed by atoms with Gasteiger partial charge in [0.2, 0.25) is 0 Å². The van der Waals surface area contributed by atoms with Crippen LogP contribution >= 0.6 is 0 Å². The lowest BCUT2D eigenvalue weighted by Gasteiger charge is -2.32. The van der Waals surface area contributed by atoms with Gasteiger partial charge in [-0.25, -0.2) is 0 Å². The van der Waals surface area contributed by atoms with E-state index in [0.29, 0.717) is 11.8 Å². The predicted molar refractivity (Wildman–Crippen MR) is 38.2 cm³/mol. The monoisotopic (exact) mass is 128 g/mol. The maximum absolute atomic E-state index is 9.45. The third-order valence-electron chi connectivity index (χ3n) is 2.32.